The van der Waals surface area contributed by atoms with Crippen LogP contribution in [-0.4, -0.2) is 27.0 Å². The number of nitrogens with zero attached hydrogens (tertiary/aromatic N) is 4. The van der Waals surface area contributed by atoms with Gasteiger partial charge in [-0.2, -0.15) is 0 Å². The van der Waals surface area contributed by atoms with Gasteiger partial charge in [0.25, 0.3) is 0 Å². The molecule has 2 aromatic carbocycles. The van der Waals surface area contributed by atoms with E-state index < -0.39 is 0 Å². The molecule has 1 saturated carbocycles. The number of anilines is 2. The molecule has 33 heavy (non-hydrogen) atoms. The largest absolute Gasteiger partial charge is 0.424 e. The molecule has 2 aromatic heterocycles. The van der Waals surface area contributed by atoms with Crippen molar-refractivity contribution >= 4 is 28.2 Å². The Morgan fingerprint density at radius 1 is 1.00 bits per heavy atom. The molecule has 7 nitrogen and oxygen atoms in total. The van der Waals surface area contributed by atoms with Crippen LogP contribution in [0.15, 0.2) is 60.9 Å². The van der Waals surface area contributed by atoms with Gasteiger partial charge >= 0.3 is 6.01 Å². The molecule has 7 heteroatoms. The Morgan fingerprint density at radius 3 is 2.45 bits per heavy atom. The molecule has 0 atom stereocenters. The Bertz CT molecular complexity index is 1330. The van der Waals surface area contributed by atoms with E-state index in [-0.39, 0.29) is 5.91 Å². The minimum atomic E-state index is 0.195. The Kier molecular flexibility index (Phi) is 4.75. The third kappa shape index (κ3) is 3.40. The summed E-state index contributed by atoms with van der Waals surface area (Å²) in [7, 11) is 0. The first kappa shape index (κ1) is 19.8. The number of ether oxygens (including phenoxy) is 1. The fourth-order valence-electron chi connectivity index (χ4n) is 4.86. The maximum absolute atomic E-state index is 12.1. The van der Waals surface area contributed by atoms with E-state index in [1.807, 2.05) is 35.2 Å². The molecule has 0 unspecified atom stereocenters. The molecule has 1 aliphatic heterocycles. The Hall–Kier alpha value is -3.87. The quantitative estimate of drug-likeness (QED) is 0.454. The average Bonchev–Trinajstić information content (AvgIpc) is 3.35. The zero-order chi connectivity index (χ0) is 22.4. The minimum Gasteiger partial charge on any atom is -0.424 e. The molecule has 1 saturated heterocycles. The molecule has 166 valence electrons. The van der Waals surface area contributed by atoms with Crippen molar-refractivity contribution in [3.8, 4) is 23.0 Å². The lowest BCUT2D eigenvalue weighted by Gasteiger charge is -2.30. The van der Waals surface area contributed by atoms with Crippen LogP contribution in [0.2, 0.25) is 0 Å². The zero-order valence-corrected chi connectivity index (χ0v) is 18.3. The van der Waals surface area contributed by atoms with Crippen LogP contribution in [0, 0.1) is 0 Å². The van der Waals surface area contributed by atoms with Gasteiger partial charge in [-0.15, -0.1) is 0 Å². The van der Waals surface area contributed by atoms with E-state index in [2.05, 4.69) is 26.7 Å². The van der Waals surface area contributed by atoms with Gasteiger partial charge in [0.15, 0.2) is 0 Å². The SMILES string of the molecule is Nc1c(-c2ccc(N3CCCC3=O)cc2)n(C2CCC2)c2cc(Oc3ncccn3)ccc12. The van der Waals surface area contributed by atoms with E-state index in [0.29, 0.717) is 24.2 Å². The van der Waals surface area contributed by atoms with Crippen LogP contribution in [0.25, 0.3) is 22.2 Å². The van der Waals surface area contributed by atoms with Gasteiger partial charge < -0.3 is 19.9 Å². The van der Waals surface area contributed by atoms with Crippen LogP contribution in [0.3, 0.4) is 0 Å². The fourth-order valence-corrected chi connectivity index (χ4v) is 4.86. The van der Waals surface area contributed by atoms with Crippen LogP contribution < -0.4 is 15.4 Å². The second-order valence-corrected chi connectivity index (χ2v) is 8.73. The summed E-state index contributed by atoms with van der Waals surface area (Å²) >= 11 is 0. The Morgan fingerprint density at radius 2 is 1.79 bits per heavy atom. The van der Waals surface area contributed by atoms with Crippen molar-refractivity contribution in [3.63, 3.8) is 0 Å². The topological polar surface area (TPSA) is 86.3 Å². The normalized spacial score (nSPS) is 16.4. The summed E-state index contributed by atoms with van der Waals surface area (Å²) in [6.45, 7) is 0.788. The number of aromatic nitrogens is 3. The number of fused-ring (bicyclic) bond motifs is 1. The lowest BCUT2D eigenvalue weighted by molar-refractivity contribution is -0.117. The molecule has 1 amide bonds. The number of amides is 1. The fraction of sp³-hybridized carbons (Fsp3) is 0.269. The van der Waals surface area contributed by atoms with Crippen LogP contribution in [-0.2, 0) is 4.79 Å². The highest BCUT2D eigenvalue weighted by Gasteiger charge is 2.28. The third-order valence-corrected chi connectivity index (χ3v) is 6.73. The summed E-state index contributed by atoms with van der Waals surface area (Å²) in [6.07, 6.45) is 8.34. The van der Waals surface area contributed by atoms with Crippen LogP contribution in [0.4, 0.5) is 11.4 Å². The molecule has 2 aliphatic rings. The van der Waals surface area contributed by atoms with Crippen molar-refractivity contribution < 1.29 is 9.53 Å². The van der Waals surface area contributed by atoms with Gasteiger partial charge in [0.05, 0.1) is 16.9 Å². The lowest BCUT2D eigenvalue weighted by Crippen LogP contribution is -2.23. The van der Waals surface area contributed by atoms with Crippen molar-refractivity contribution in [2.45, 2.75) is 38.1 Å². The molecule has 4 aromatic rings. The van der Waals surface area contributed by atoms with Gasteiger partial charge in [0, 0.05) is 54.1 Å². The number of hydrogen-bond acceptors (Lipinski definition) is 5. The average molecular weight is 440 g/mol. The van der Waals surface area contributed by atoms with E-state index in [1.54, 1.807) is 18.5 Å². The van der Waals surface area contributed by atoms with Gasteiger partial charge in [-0.1, -0.05) is 12.1 Å². The van der Waals surface area contributed by atoms with E-state index in [9.17, 15) is 4.79 Å². The number of benzene rings is 2. The second-order valence-electron chi connectivity index (χ2n) is 8.73. The molecule has 2 N–H and O–H groups in total. The van der Waals surface area contributed by atoms with Crippen molar-refractivity contribution in [1.82, 2.24) is 14.5 Å². The third-order valence-electron chi connectivity index (χ3n) is 6.73. The minimum absolute atomic E-state index is 0.195. The number of carbonyl (C=O) groups excluding carboxylic acids is 1. The number of hydrogen-bond donors (Lipinski definition) is 1. The van der Waals surface area contributed by atoms with E-state index in [0.717, 1.165) is 59.3 Å². The molecule has 6 rings (SSSR count). The van der Waals surface area contributed by atoms with E-state index >= 15 is 0 Å². The zero-order valence-electron chi connectivity index (χ0n) is 18.3. The van der Waals surface area contributed by atoms with E-state index in [4.69, 9.17) is 10.5 Å². The monoisotopic (exact) mass is 439 g/mol. The molecule has 0 bridgehead atoms. The number of nitrogen functional groups attached to an aromatic ring is 1. The number of rotatable bonds is 5. The second kappa shape index (κ2) is 7.92. The summed E-state index contributed by atoms with van der Waals surface area (Å²) < 4.78 is 8.26. The van der Waals surface area contributed by atoms with Crippen molar-refractivity contribution in [2.24, 2.45) is 0 Å². The number of nitrogens with two attached hydrogens (primary N) is 1. The summed E-state index contributed by atoms with van der Waals surface area (Å²) in [5, 5.41) is 1.01. The lowest BCUT2D eigenvalue weighted by atomic mass is 9.92. The maximum Gasteiger partial charge on any atom is 0.321 e. The summed E-state index contributed by atoms with van der Waals surface area (Å²) in [5.74, 6) is 0.877. The molecule has 2 fully saturated rings. The predicted octanol–water partition coefficient (Wildman–Crippen LogP) is 5.32. The first-order chi connectivity index (χ1) is 16.2. The molecule has 3 heterocycles. The smallest absolute Gasteiger partial charge is 0.321 e. The molecule has 0 radical (unpaired) electrons. The first-order valence-electron chi connectivity index (χ1n) is 11.5. The van der Waals surface area contributed by atoms with Gasteiger partial charge in [0.2, 0.25) is 5.91 Å². The van der Waals surface area contributed by atoms with Gasteiger partial charge in [-0.05, 0) is 56.0 Å². The van der Waals surface area contributed by atoms with Gasteiger partial charge in [-0.3, -0.25) is 4.79 Å². The van der Waals surface area contributed by atoms with E-state index in [1.165, 1.54) is 6.42 Å². The van der Waals surface area contributed by atoms with Gasteiger partial charge in [-0.25, -0.2) is 9.97 Å². The summed E-state index contributed by atoms with van der Waals surface area (Å²) in [4.78, 5) is 22.3. The summed E-state index contributed by atoms with van der Waals surface area (Å²) in [5.41, 5.74) is 11.6. The van der Waals surface area contributed by atoms with Crippen LogP contribution in [0.5, 0.6) is 11.8 Å². The molecular weight excluding hydrogens is 414 g/mol. The predicted molar refractivity (Wildman–Crippen MR) is 128 cm³/mol. The molecular formula is C26H25N5O2. The Labute approximate surface area is 191 Å². The molecule has 1 aliphatic carbocycles. The standard InChI is InChI=1S/C26H25N5O2/c27-24-21-12-11-20(33-26-28-13-3-14-29-26)16-22(21)31(19-4-1-5-19)25(24)17-7-9-18(10-8-17)30-15-2-6-23(30)32/h3,7-14,16,19H,1-2,4-6,15,27H2. The number of carbonyl (C=O) groups is 1. The first-order valence-corrected chi connectivity index (χ1v) is 11.5. The molecule has 0 spiro atoms. The van der Waals surface area contributed by atoms with Crippen molar-refractivity contribution in [1.29, 1.82) is 0 Å². The summed E-state index contributed by atoms with van der Waals surface area (Å²) in [6, 6.07) is 16.7. The highest BCUT2D eigenvalue weighted by molar-refractivity contribution is 6.02. The maximum atomic E-state index is 12.1. The van der Waals surface area contributed by atoms with Gasteiger partial charge in [0.1, 0.15) is 5.75 Å². The van der Waals surface area contributed by atoms with Crippen molar-refractivity contribution in [2.75, 3.05) is 17.2 Å². The van der Waals surface area contributed by atoms with Crippen LogP contribution >= 0.6 is 0 Å². The Balaban J connectivity index is 1.43. The highest BCUT2D eigenvalue weighted by Crippen LogP contribution is 2.45. The van der Waals surface area contributed by atoms with Crippen molar-refractivity contribution in [3.05, 3.63) is 60.9 Å². The van der Waals surface area contributed by atoms with Crippen LogP contribution in [0.1, 0.15) is 38.1 Å². The highest BCUT2D eigenvalue weighted by atomic mass is 16.5.